The first kappa shape index (κ1) is 16.3. The van der Waals surface area contributed by atoms with Gasteiger partial charge in [0, 0.05) is 15.4 Å². The van der Waals surface area contributed by atoms with E-state index in [2.05, 4.69) is 15.6 Å². The molecular formula is C18H12FN3O3S. The van der Waals surface area contributed by atoms with Crippen LogP contribution in [0.4, 0.5) is 10.1 Å². The highest BCUT2D eigenvalue weighted by Crippen LogP contribution is 2.39. The maximum absolute atomic E-state index is 13.4. The molecule has 0 fully saturated rings. The summed E-state index contributed by atoms with van der Waals surface area (Å²) >= 11 is 1.34. The Balaban J connectivity index is 1.58. The lowest BCUT2D eigenvalue weighted by atomic mass is 10.1. The van der Waals surface area contributed by atoms with Gasteiger partial charge in [0.2, 0.25) is 0 Å². The molecule has 0 unspecified atom stereocenters. The van der Waals surface area contributed by atoms with Crippen molar-refractivity contribution in [2.75, 3.05) is 5.32 Å². The molecule has 1 aliphatic rings. The molecule has 2 aromatic carbocycles. The van der Waals surface area contributed by atoms with Crippen LogP contribution in [0.3, 0.4) is 0 Å². The third kappa shape index (κ3) is 3.18. The molecule has 1 aliphatic heterocycles. The number of oxazole rings is 1. The van der Waals surface area contributed by atoms with Gasteiger partial charge in [0.15, 0.2) is 6.39 Å². The van der Waals surface area contributed by atoms with Gasteiger partial charge in [0.05, 0.1) is 24.0 Å². The fraction of sp³-hybridized carbons (Fsp3) is 0.0556. The number of nitrogens with zero attached hydrogens (tertiary/aromatic N) is 1. The topological polar surface area (TPSA) is 84.2 Å². The van der Waals surface area contributed by atoms with Crippen molar-refractivity contribution < 1.29 is 18.4 Å². The number of carbonyl (C=O) groups is 2. The summed E-state index contributed by atoms with van der Waals surface area (Å²) in [5.74, 6) is -0.659. The van der Waals surface area contributed by atoms with Gasteiger partial charge >= 0.3 is 0 Å². The molecule has 1 aromatic heterocycles. The average Bonchev–Trinajstić information content (AvgIpc) is 3.11. The van der Waals surface area contributed by atoms with Crippen LogP contribution < -0.4 is 10.6 Å². The standard InChI is InChI=1S/C18H12FN3O3S/c19-11-2-4-15-13(6-11)18(24)22-14-5-10(1-3-16(14)26-15)17(23)21-8-12-7-20-9-25-12/h1-7,9H,8H2,(H,21,23)(H,22,24). The molecule has 6 nitrogen and oxygen atoms in total. The van der Waals surface area contributed by atoms with Crippen LogP contribution in [-0.4, -0.2) is 16.8 Å². The van der Waals surface area contributed by atoms with E-state index >= 15 is 0 Å². The van der Waals surface area contributed by atoms with E-state index in [4.69, 9.17) is 4.42 Å². The van der Waals surface area contributed by atoms with Crippen molar-refractivity contribution in [3.8, 4) is 0 Å². The predicted molar refractivity (Wildman–Crippen MR) is 92.6 cm³/mol. The molecule has 0 saturated carbocycles. The molecule has 0 saturated heterocycles. The van der Waals surface area contributed by atoms with Crippen LogP contribution in [-0.2, 0) is 6.54 Å². The van der Waals surface area contributed by atoms with Gasteiger partial charge in [0.1, 0.15) is 11.6 Å². The van der Waals surface area contributed by atoms with Gasteiger partial charge < -0.3 is 15.1 Å². The lowest BCUT2D eigenvalue weighted by Crippen LogP contribution is -2.22. The zero-order valence-electron chi connectivity index (χ0n) is 13.3. The number of anilines is 1. The van der Waals surface area contributed by atoms with Gasteiger partial charge in [-0.15, -0.1) is 0 Å². The number of carbonyl (C=O) groups excluding carboxylic acids is 2. The number of nitrogens with one attached hydrogen (secondary N) is 2. The van der Waals surface area contributed by atoms with Crippen LogP contribution in [0.5, 0.6) is 0 Å². The summed E-state index contributed by atoms with van der Waals surface area (Å²) in [4.78, 5) is 29.9. The number of halogens is 1. The van der Waals surface area contributed by atoms with Crippen molar-refractivity contribution >= 4 is 29.3 Å². The second-order valence-electron chi connectivity index (χ2n) is 5.56. The number of amides is 2. The van der Waals surface area contributed by atoms with Crippen LogP contribution in [0.15, 0.2) is 63.2 Å². The largest absolute Gasteiger partial charge is 0.447 e. The molecular weight excluding hydrogens is 357 g/mol. The molecule has 26 heavy (non-hydrogen) atoms. The average molecular weight is 369 g/mol. The third-order valence-corrected chi connectivity index (χ3v) is 4.95. The van der Waals surface area contributed by atoms with Crippen molar-refractivity contribution in [1.82, 2.24) is 10.3 Å². The second-order valence-corrected chi connectivity index (χ2v) is 6.64. The van der Waals surface area contributed by atoms with Gasteiger partial charge in [-0.1, -0.05) is 11.8 Å². The van der Waals surface area contributed by atoms with Gasteiger partial charge in [0.25, 0.3) is 11.8 Å². The summed E-state index contributed by atoms with van der Waals surface area (Å²) in [5, 5.41) is 5.45. The van der Waals surface area contributed by atoms with Crippen molar-refractivity contribution in [3.05, 3.63) is 71.7 Å². The molecule has 130 valence electrons. The van der Waals surface area contributed by atoms with Gasteiger partial charge in [-0.2, -0.15) is 0 Å². The maximum atomic E-state index is 13.4. The summed E-state index contributed by atoms with van der Waals surface area (Å²) < 4.78 is 18.5. The quantitative estimate of drug-likeness (QED) is 0.739. The van der Waals surface area contributed by atoms with Crippen molar-refractivity contribution in [2.45, 2.75) is 16.3 Å². The zero-order chi connectivity index (χ0) is 18.1. The summed E-state index contributed by atoms with van der Waals surface area (Å²) in [6, 6.07) is 9.11. The predicted octanol–water partition coefficient (Wildman–Crippen LogP) is 3.46. The van der Waals surface area contributed by atoms with E-state index in [1.54, 1.807) is 24.3 Å². The van der Waals surface area contributed by atoms with Gasteiger partial charge in [-0.3, -0.25) is 9.59 Å². The molecule has 2 N–H and O–H groups in total. The molecule has 0 atom stereocenters. The number of hydrogen-bond donors (Lipinski definition) is 2. The van der Waals surface area contributed by atoms with Crippen molar-refractivity contribution in [3.63, 3.8) is 0 Å². The highest BCUT2D eigenvalue weighted by Gasteiger charge is 2.21. The van der Waals surface area contributed by atoms with E-state index in [1.807, 2.05) is 0 Å². The highest BCUT2D eigenvalue weighted by atomic mass is 32.2. The zero-order valence-corrected chi connectivity index (χ0v) is 14.1. The summed E-state index contributed by atoms with van der Waals surface area (Å²) in [7, 11) is 0. The van der Waals surface area contributed by atoms with Gasteiger partial charge in [-0.25, -0.2) is 9.37 Å². The van der Waals surface area contributed by atoms with Crippen molar-refractivity contribution in [2.24, 2.45) is 0 Å². The van der Waals surface area contributed by atoms with E-state index in [9.17, 15) is 14.0 Å². The lowest BCUT2D eigenvalue weighted by molar-refractivity contribution is 0.0946. The fourth-order valence-corrected chi connectivity index (χ4v) is 3.52. The van der Waals surface area contributed by atoms with E-state index < -0.39 is 11.7 Å². The lowest BCUT2D eigenvalue weighted by Gasteiger charge is -2.09. The fourth-order valence-electron chi connectivity index (χ4n) is 2.53. The first-order valence-corrected chi connectivity index (χ1v) is 8.50. The Kier molecular flexibility index (Phi) is 4.18. The minimum atomic E-state index is -0.474. The third-order valence-electron chi connectivity index (χ3n) is 3.80. The maximum Gasteiger partial charge on any atom is 0.256 e. The first-order valence-electron chi connectivity index (χ1n) is 7.68. The Labute approximate surface area is 151 Å². The molecule has 8 heteroatoms. The van der Waals surface area contributed by atoms with Crippen LogP contribution in [0.2, 0.25) is 0 Å². The highest BCUT2D eigenvalue weighted by molar-refractivity contribution is 7.99. The Morgan fingerprint density at radius 3 is 2.88 bits per heavy atom. The van der Waals surface area contributed by atoms with Crippen molar-refractivity contribution in [1.29, 1.82) is 0 Å². The molecule has 0 aliphatic carbocycles. The minimum Gasteiger partial charge on any atom is -0.447 e. The molecule has 0 bridgehead atoms. The van der Waals surface area contributed by atoms with E-state index in [0.29, 0.717) is 21.9 Å². The van der Waals surface area contributed by atoms with Crippen LogP contribution >= 0.6 is 11.8 Å². The normalized spacial score (nSPS) is 12.6. The Morgan fingerprint density at radius 2 is 2.08 bits per heavy atom. The molecule has 0 spiro atoms. The summed E-state index contributed by atoms with van der Waals surface area (Å²) in [6.45, 7) is 0.210. The number of aromatic nitrogens is 1. The minimum absolute atomic E-state index is 0.210. The SMILES string of the molecule is O=C(NCc1cnco1)c1ccc2c(c1)NC(=O)c1cc(F)ccc1S2. The van der Waals surface area contributed by atoms with E-state index in [-0.39, 0.29) is 18.0 Å². The molecule has 2 heterocycles. The number of rotatable bonds is 3. The van der Waals surface area contributed by atoms with E-state index in [0.717, 1.165) is 4.90 Å². The van der Waals surface area contributed by atoms with Crippen LogP contribution in [0, 0.1) is 5.82 Å². The smallest absolute Gasteiger partial charge is 0.256 e. The first-order chi connectivity index (χ1) is 12.6. The number of fused-ring (bicyclic) bond motifs is 2. The Bertz CT molecular complexity index is 1000. The number of hydrogen-bond acceptors (Lipinski definition) is 5. The summed E-state index contributed by atoms with van der Waals surface area (Å²) in [5.41, 5.74) is 1.16. The number of benzene rings is 2. The summed E-state index contributed by atoms with van der Waals surface area (Å²) in [6.07, 6.45) is 2.81. The second kappa shape index (κ2) is 6.64. The van der Waals surface area contributed by atoms with Crippen LogP contribution in [0.1, 0.15) is 26.5 Å². The molecule has 4 rings (SSSR count). The monoisotopic (exact) mass is 369 g/mol. The van der Waals surface area contributed by atoms with E-state index in [1.165, 1.54) is 36.5 Å². The Morgan fingerprint density at radius 1 is 1.23 bits per heavy atom. The Hall–Kier alpha value is -3.13. The van der Waals surface area contributed by atoms with Gasteiger partial charge in [-0.05, 0) is 36.4 Å². The van der Waals surface area contributed by atoms with Crippen LogP contribution in [0.25, 0.3) is 0 Å². The molecule has 3 aromatic rings. The molecule has 0 radical (unpaired) electrons. The molecule has 2 amide bonds.